The van der Waals surface area contributed by atoms with E-state index >= 15 is 0 Å². The number of nitrogens with two attached hydrogens (primary N) is 1. The first-order chi connectivity index (χ1) is 9.96. The van der Waals surface area contributed by atoms with Crippen molar-refractivity contribution in [3.63, 3.8) is 0 Å². The maximum atomic E-state index is 11.8. The summed E-state index contributed by atoms with van der Waals surface area (Å²) in [6, 6.07) is 5.21. The van der Waals surface area contributed by atoms with Gasteiger partial charge in [0.05, 0.1) is 17.5 Å². The molecule has 1 atom stereocenters. The maximum Gasteiger partial charge on any atom is 0.182 e. The number of anilines is 1. The predicted octanol–water partition coefficient (Wildman–Crippen LogP) is 1.43. The summed E-state index contributed by atoms with van der Waals surface area (Å²) in [7, 11) is -3.02. The molecule has 0 radical (unpaired) electrons. The summed E-state index contributed by atoms with van der Waals surface area (Å²) in [5.41, 5.74) is 7.23. The average molecular weight is 372 g/mol. The molecule has 0 aliphatic carbocycles. The highest BCUT2D eigenvalue weighted by atomic mass is 79.9. The summed E-state index contributed by atoms with van der Waals surface area (Å²) in [6.07, 6.45) is 1.39. The average Bonchev–Trinajstić information content (AvgIpc) is 2.90. The van der Waals surface area contributed by atoms with E-state index in [1.807, 2.05) is 12.1 Å². The summed E-state index contributed by atoms with van der Waals surface area (Å²) >= 11 is 3.34. The van der Waals surface area contributed by atoms with Crippen LogP contribution in [0.1, 0.15) is 18.9 Å². The summed E-state index contributed by atoms with van der Waals surface area (Å²) in [5.74, 6) is 0.861. The summed E-state index contributed by atoms with van der Waals surface area (Å²) in [5, 5.41) is 11.7. The van der Waals surface area contributed by atoms with Crippen LogP contribution in [0.25, 0.3) is 11.4 Å². The number of rotatable bonds is 2. The van der Waals surface area contributed by atoms with Gasteiger partial charge in [-0.05, 0) is 57.4 Å². The molecule has 2 N–H and O–H groups in total. The van der Waals surface area contributed by atoms with E-state index in [2.05, 4.69) is 31.5 Å². The van der Waals surface area contributed by atoms with Crippen molar-refractivity contribution in [1.29, 1.82) is 0 Å². The Morgan fingerprint density at radius 3 is 2.90 bits per heavy atom. The van der Waals surface area contributed by atoms with Gasteiger partial charge in [0.1, 0.15) is 0 Å². The monoisotopic (exact) mass is 371 g/mol. The van der Waals surface area contributed by atoms with Crippen LogP contribution in [0, 0.1) is 0 Å². The molecule has 0 amide bonds. The van der Waals surface area contributed by atoms with Gasteiger partial charge in [-0.3, -0.25) is 0 Å². The van der Waals surface area contributed by atoms with Gasteiger partial charge in [-0.1, -0.05) is 0 Å². The lowest BCUT2D eigenvalue weighted by Gasteiger charge is -2.22. The molecule has 3 rings (SSSR count). The van der Waals surface area contributed by atoms with E-state index in [9.17, 15) is 8.42 Å². The van der Waals surface area contributed by atoms with E-state index in [0.29, 0.717) is 17.9 Å². The number of tetrazole rings is 1. The van der Waals surface area contributed by atoms with Crippen LogP contribution < -0.4 is 5.73 Å². The molecule has 1 aromatic heterocycles. The van der Waals surface area contributed by atoms with Crippen molar-refractivity contribution in [3.8, 4) is 11.4 Å². The fourth-order valence-corrected chi connectivity index (χ4v) is 4.42. The number of aromatic nitrogens is 4. The number of benzene rings is 1. The van der Waals surface area contributed by atoms with E-state index < -0.39 is 9.84 Å². The lowest BCUT2D eigenvalue weighted by Crippen LogP contribution is -2.28. The van der Waals surface area contributed by atoms with Crippen molar-refractivity contribution in [2.24, 2.45) is 0 Å². The topological polar surface area (TPSA) is 104 Å². The predicted molar refractivity (Wildman–Crippen MR) is 82.3 cm³/mol. The highest BCUT2D eigenvalue weighted by molar-refractivity contribution is 9.10. The third-order valence-corrected chi connectivity index (χ3v) is 6.06. The van der Waals surface area contributed by atoms with Crippen molar-refractivity contribution < 1.29 is 8.42 Å². The van der Waals surface area contributed by atoms with E-state index in [1.54, 1.807) is 10.7 Å². The largest absolute Gasteiger partial charge is 0.398 e. The zero-order valence-electron chi connectivity index (χ0n) is 11.1. The second-order valence-electron chi connectivity index (χ2n) is 5.09. The molecule has 21 heavy (non-hydrogen) atoms. The smallest absolute Gasteiger partial charge is 0.182 e. The lowest BCUT2D eigenvalue weighted by molar-refractivity contribution is 0.429. The van der Waals surface area contributed by atoms with Crippen LogP contribution in [-0.2, 0) is 9.84 Å². The van der Waals surface area contributed by atoms with Crippen LogP contribution in [0.3, 0.4) is 0 Å². The molecule has 7 nitrogen and oxygen atoms in total. The van der Waals surface area contributed by atoms with Gasteiger partial charge in [-0.15, -0.1) is 5.10 Å². The van der Waals surface area contributed by atoms with Gasteiger partial charge in [0.25, 0.3) is 0 Å². The Morgan fingerprint density at radius 1 is 1.38 bits per heavy atom. The van der Waals surface area contributed by atoms with Crippen LogP contribution in [0.4, 0.5) is 5.69 Å². The van der Waals surface area contributed by atoms with Crippen molar-refractivity contribution in [3.05, 3.63) is 22.7 Å². The van der Waals surface area contributed by atoms with Gasteiger partial charge in [0, 0.05) is 15.7 Å². The molecule has 1 saturated heterocycles. The quantitative estimate of drug-likeness (QED) is 0.800. The zero-order valence-corrected chi connectivity index (χ0v) is 13.5. The van der Waals surface area contributed by atoms with Gasteiger partial charge < -0.3 is 5.73 Å². The van der Waals surface area contributed by atoms with Crippen molar-refractivity contribution in [2.45, 2.75) is 18.9 Å². The molecule has 9 heteroatoms. The first kappa shape index (κ1) is 14.5. The number of nitrogen functional groups attached to an aromatic ring is 1. The molecular weight excluding hydrogens is 358 g/mol. The lowest BCUT2D eigenvalue weighted by atomic mass is 10.1. The highest BCUT2D eigenvalue weighted by Crippen LogP contribution is 2.29. The van der Waals surface area contributed by atoms with Gasteiger partial charge in [0.2, 0.25) is 0 Å². The van der Waals surface area contributed by atoms with Crippen molar-refractivity contribution in [2.75, 3.05) is 17.2 Å². The molecule has 0 spiro atoms. The van der Waals surface area contributed by atoms with Crippen LogP contribution in [0.15, 0.2) is 22.7 Å². The van der Waals surface area contributed by atoms with E-state index in [4.69, 9.17) is 5.73 Å². The molecule has 1 aliphatic heterocycles. The van der Waals surface area contributed by atoms with Gasteiger partial charge >= 0.3 is 0 Å². The van der Waals surface area contributed by atoms with Gasteiger partial charge in [0.15, 0.2) is 15.7 Å². The van der Waals surface area contributed by atoms with Crippen LogP contribution >= 0.6 is 15.9 Å². The molecular formula is C12H14BrN5O2S. The Hall–Kier alpha value is -1.48. The Kier molecular flexibility index (Phi) is 3.70. The fourth-order valence-electron chi connectivity index (χ4n) is 2.50. The Bertz CT molecular complexity index is 774. The third kappa shape index (κ3) is 2.93. The minimum Gasteiger partial charge on any atom is -0.398 e. The number of nitrogens with zero attached hydrogens (tertiary/aromatic N) is 4. The maximum absolute atomic E-state index is 11.8. The first-order valence-electron chi connectivity index (χ1n) is 6.50. The van der Waals surface area contributed by atoms with E-state index in [-0.39, 0.29) is 17.5 Å². The molecule has 112 valence electrons. The van der Waals surface area contributed by atoms with Crippen molar-refractivity contribution >= 4 is 31.5 Å². The Morgan fingerprint density at radius 2 is 2.19 bits per heavy atom. The first-order valence-corrected chi connectivity index (χ1v) is 9.11. The molecule has 1 unspecified atom stereocenters. The molecule has 2 aromatic rings. The molecule has 0 saturated carbocycles. The molecule has 1 aromatic carbocycles. The molecule has 2 heterocycles. The molecule has 1 aliphatic rings. The second-order valence-corrected chi connectivity index (χ2v) is 8.18. The van der Waals surface area contributed by atoms with Crippen LogP contribution in [-0.4, -0.2) is 40.1 Å². The van der Waals surface area contributed by atoms with Gasteiger partial charge in [-0.2, -0.15) is 0 Å². The molecule has 1 fully saturated rings. The summed E-state index contributed by atoms with van der Waals surface area (Å²) < 4.78 is 26.0. The molecule has 0 bridgehead atoms. The number of sulfone groups is 1. The third-order valence-electron chi connectivity index (χ3n) is 3.53. The number of hydrogen-bond acceptors (Lipinski definition) is 6. The Balaban J connectivity index is 1.99. The van der Waals surface area contributed by atoms with Crippen LogP contribution in [0.2, 0.25) is 0 Å². The number of hydrogen-bond donors (Lipinski definition) is 1. The highest BCUT2D eigenvalue weighted by Gasteiger charge is 2.29. The summed E-state index contributed by atoms with van der Waals surface area (Å²) in [4.78, 5) is 0. The summed E-state index contributed by atoms with van der Waals surface area (Å²) in [6.45, 7) is 0. The standard InChI is InChI=1S/C12H14BrN5O2S/c13-10-4-3-8(6-11(10)14)12-15-16-17-18(12)9-2-1-5-21(19,20)7-9/h3-4,6,9H,1-2,5,7,14H2. The minimum absolute atomic E-state index is 0.0804. The van der Waals surface area contributed by atoms with E-state index in [0.717, 1.165) is 16.5 Å². The second kappa shape index (κ2) is 5.38. The minimum atomic E-state index is -3.02. The van der Waals surface area contributed by atoms with Crippen molar-refractivity contribution in [1.82, 2.24) is 20.2 Å². The van der Waals surface area contributed by atoms with Crippen LogP contribution in [0.5, 0.6) is 0 Å². The SMILES string of the molecule is Nc1cc(-c2nnnn2C2CCCS(=O)(=O)C2)ccc1Br. The van der Waals surface area contributed by atoms with Gasteiger partial charge in [-0.25, -0.2) is 13.1 Å². The normalized spacial score (nSPS) is 21.3. The van der Waals surface area contributed by atoms with E-state index in [1.165, 1.54) is 0 Å². The fraction of sp³-hybridized carbons (Fsp3) is 0.417. The number of halogens is 1. The Labute approximate surface area is 130 Å². The zero-order chi connectivity index (χ0) is 15.0.